The van der Waals surface area contributed by atoms with E-state index in [1.807, 2.05) is 20.8 Å². The summed E-state index contributed by atoms with van der Waals surface area (Å²) in [6.45, 7) is 6.18. The molecule has 0 unspecified atom stereocenters. The summed E-state index contributed by atoms with van der Waals surface area (Å²) >= 11 is 12.1. The van der Waals surface area contributed by atoms with Gasteiger partial charge in [0.1, 0.15) is 18.3 Å². The van der Waals surface area contributed by atoms with Crippen molar-refractivity contribution in [2.24, 2.45) is 0 Å². The molecule has 3 rings (SSSR count). The van der Waals surface area contributed by atoms with Crippen molar-refractivity contribution < 1.29 is 22.7 Å². The highest BCUT2D eigenvalue weighted by molar-refractivity contribution is 7.92. The largest absolute Gasteiger partial charge is 0.494 e. The first-order valence-corrected chi connectivity index (χ1v) is 16.1. The zero-order valence-corrected chi connectivity index (χ0v) is 26.4. The van der Waals surface area contributed by atoms with Crippen LogP contribution in [0.15, 0.2) is 77.7 Å². The lowest BCUT2D eigenvalue weighted by molar-refractivity contribution is -0.140. The number of carbonyl (C=O) groups excluding carboxylic acids is 2. The third-order valence-electron chi connectivity index (χ3n) is 6.60. The Kier molecular flexibility index (Phi) is 12.5. The first kappa shape index (κ1) is 33.2. The number of amides is 2. The number of nitrogens with zero attached hydrogens (tertiary/aromatic N) is 2. The Morgan fingerprint density at radius 3 is 2.02 bits per heavy atom. The molecule has 0 spiro atoms. The predicted molar refractivity (Wildman–Crippen MR) is 168 cm³/mol. The average molecular weight is 635 g/mol. The molecule has 0 heterocycles. The standard InChI is InChI=1S/C31H37Cl2N3O5S/c1-4-7-20-34-31(38)29(5-2)35(21-23-8-10-24(32)11-9-23)30(37)22-36(26-14-16-27(17-15-26)41-6-3)42(39,40)28-18-12-25(33)13-19-28/h8-19,29H,4-7,20-22H2,1-3H3,(H,34,38)/t29-/m0/s1. The van der Waals surface area contributed by atoms with Crippen LogP contribution in [0.1, 0.15) is 45.6 Å². The van der Waals surface area contributed by atoms with Gasteiger partial charge in [0.25, 0.3) is 10.0 Å². The molecule has 3 aromatic carbocycles. The second kappa shape index (κ2) is 15.8. The van der Waals surface area contributed by atoms with Crippen LogP contribution in [0, 0.1) is 0 Å². The monoisotopic (exact) mass is 633 g/mol. The molecular formula is C31H37Cl2N3O5S. The van der Waals surface area contributed by atoms with Gasteiger partial charge < -0.3 is 15.0 Å². The number of hydrogen-bond acceptors (Lipinski definition) is 5. The first-order chi connectivity index (χ1) is 20.1. The zero-order valence-electron chi connectivity index (χ0n) is 24.1. The number of ether oxygens (including phenoxy) is 1. The van der Waals surface area contributed by atoms with Crippen molar-refractivity contribution in [2.45, 2.75) is 57.5 Å². The molecule has 0 aliphatic heterocycles. The predicted octanol–water partition coefficient (Wildman–Crippen LogP) is 6.31. The van der Waals surface area contributed by atoms with Gasteiger partial charge in [-0.15, -0.1) is 0 Å². The van der Waals surface area contributed by atoms with Crippen LogP contribution in [0.3, 0.4) is 0 Å². The number of rotatable bonds is 15. The molecular weight excluding hydrogens is 597 g/mol. The maximum absolute atomic E-state index is 14.1. The molecule has 0 saturated carbocycles. The van der Waals surface area contributed by atoms with Gasteiger partial charge in [-0.1, -0.05) is 55.6 Å². The molecule has 0 aliphatic carbocycles. The van der Waals surface area contributed by atoms with Gasteiger partial charge in [-0.25, -0.2) is 8.42 Å². The number of halogens is 2. The van der Waals surface area contributed by atoms with Gasteiger partial charge in [-0.3, -0.25) is 13.9 Å². The van der Waals surface area contributed by atoms with E-state index in [1.165, 1.54) is 29.2 Å². The minimum absolute atomic E-state index is 0.0258. The summed E-state index contributed by atoms with van der Waals surface area (Å²) in [7, 11) is -4.20. The van der Waals surface area contributed by atoms with Crippen LogP contribution in [-0.4, -0.2) is 50.9 Å². The number of unbranched alkanes of at least 4 members (excludes halogenated alkanes) is 1. The molecule has 0 fully saturated rings. The van der Waals surface area contributed by atoms with Crippen molar-refractivity contribution in [1.29, 1.82) is 0 Å². The molecule has 1 N–H and O–H groups in total. The summed E-state index contributed by atoms with van der Waals surface area (Å²) in [6.07, 6.45) is 2.05. The lowest BCUT2D eigenvalue weighted by Gasteiger charge is -2.33. The summed E-state index contributed by atoms with van der Waals surface area (Å²) in [6, 6.07) is 18.4. The van der Waals surface area contributed by atoms with E-state index in [2.05, 4.69) is 5.32 Å². The van der Waals surface area contributed by atoms with Crippen molar-refractivity contribution >= 4 is 50.7 Å². The zero-order chi connectivity index (χ0) is 30.7. The molecule has 42 heavy (non-hydrogen) atoms. The van der Waals surface area contributed by atoms with E-state index in [0.29, 0.717) is 35.4 Å². The van der Waals surface area contributed by atoms with Crippen molar-refractivity contribution in [3.05, 3.63) is 88.4 Å². The van der Waals surface area contributed by atoms with E-state index in [1.54, 1.807) is 48.5 Å². The second-order valence-electron chi connectivity index (χ2n) is 9.61. The summed E-state index contributed by atoms with van der Waals surface area (Å²) in [4.78, 5) is 28.8. The van der Waals surface area contributed by atoms with E-state index in [9.17, 15) is 18.0 Å². The highest BCUT2D eigenvalue weighted by atomic mass is 35.5. The Labute approximate surface area is 258 Å². The van der Waals surface area contributed by atoms with Gasteiger partial charge in [-0.2, -0.15) is 0 Å². The Bertz CT molecular complexity index is 1420. The number of anilines is 1. The van der Waals surface area contributed by atoms with Crippen LogP contribution >= 0.6 is 23.2 Å². The Balaban J connectivity index is 2.03. The Hall–Kier alpha value is -3.27. The molecule has 0 saturated heterocycles. The number of hydrogen-bond donors (Lipinski definition) is 1. The van der Waals surface area contributed by atoms with Crippen LogP contribution in [0.4, 0.5) is 5.69 Å². The number of nitrogens with one attached hydrogen (secondary N) is 1. The molecule has 0 aromatic heterocycles. The Morgan fingerprint density at radius 2 is 1.48 bits per heavy atom. The van der Waals surface area contributed by atoms with Crippen LogP contribution < -0.4 is 14.4 Å². The normalized spacial score (nSPS) is 11.9. The summed E-state index contributed by atoms with van der Waals surface area (Å²) in [5.74, 6) is -0.258. The van der Waals surface area contributed by atoms with Crippen molar-refractivity contribution in [2.75, 3.05) is 24.0 Å². The third kappa shape index (κ3) is 8.86. The first-order valence-electron chi connectivity index (χ1n) is 13.9. The average Bonchev–Trinajstić information content (AvgIpc) is 2.97. The lowest BCUT2D eigenvalue weighted by Crippen LogP contribution is -2.52. The van der Waals surface area contributed by atoms with Gasteiger partial charge in [0.15, 0.2) is 0 Å². The van der Waals surface area contributed by atoms with E-state index in [0.717, 1.165) is 22.7 Å². The fraction of sp³-hybridized carbons (Fsp3) is 0.355. The van der Waals surface area contributed by atoms with Crippen LogP contribution in [-0.2, 0) is 26.2 Å². The van der Waals surface area contributed by atoms with Crippen molar-refractivity contribution in [3.8, 4) is 5.75 Å². The fourth-order valence-corrected chi connectivity index (χ4v) is 6.02. The highest BCUT2D eigenvalue weighted by Gasteiger charge is 2.33. The Morgan fingerprint density at radius 1 is 0.881 bits per heavy atom. The van der Waals surface area contributed by atoms with Crippen molar-refractivity contribution in [1.82, 2.24) is 10.2 Å². The van der Waals surface area contributed by atoms with Crippen LogP contribution in [0.5, 0.6) is 5.75 Å². The molecule has 0 aliphatic rings. The molecule has 3 aromatic rings. The van der Waals surface area contributed by atoms with Gasteiger partial charge in [0.2, 0.25) is 11.8 Å². The summed E-state index contributed by atoms with van der Waals surface area (Å²) in [5.41, 5.74) is 1.02. The maximum atomic E-state index is 14.1. The van der Waals surface area contributed by atoms with E-state index < -0.39 is 28.5 Å². The topological polar surface area (TPSA) is 96.0 Å². The second-order valence-corrected chi connectivity index (χ2v) is 12.3. The third-order valence-corrected chi connectivity index (χ3v) is 8.89. The van der Waals surface area contributed by atoms with Gasteiger partial charge in [0, 0.05) is 23.1 Å². The van der Waals surface area contributed by atoms with E-state index >= 15 is 0 Å². The molecule has 226 valence electrons. The van der Waals surface area contributed by atoms with Gasteiger partial charge in [-0.05, 0) is 86.0 Å². The van der Waals surface area contributed by atoms with Crippen molar-refractivity contribution in [3.63, 3.8) is 0 Å². The van der Waals surface area contributed by atoms with Gasteiger partial charge in [0.05, 0.1) is 17.2 Å². The van der Waals surface area contributed by atoms with Gasteiger partial charge >= 0.3 is 0 Å². The molecule has 8 nitrogen and oxygen atoms in total. The quantitative estimate of drug-likeness (QED) is 0.198. The lowest BCUT2D eigenvalue weighted by atomic mass is 10.1. The van der Waals surface area contributed by atoms with E-state index in [4.69, 9.17) is 27.9 Å². The van der Waals surface area contributed by atoms with Crippen LogP contribution in [0.25, 0.3) is 0 Å². The molecule has 0 radical (unpaired) electrons. The minimum Gasteiger partial charge on any atom is -0.494 e. The number of sulfonamides is 1. The molecule has 0 bridgehead atoms. The number of benzene rings is 3. The molecule has 1 atom stereocenters. The summed E-state index contributed by atoms with van der Waals surface area (Å²) in [5, 5.41) is 3.84. The highest BCUT2D eigenvalue weighted by Crippen LogP contribution is 2.27. The summed E-state index contributed by atoms with van der Waals surface area (Å²) < 4.78 is 34.5. The fourth-order valence-electron chi connectivity index (χ4n) is 4.35. The SMILES string of the molecule is CCCCNC(=O)[C@H](CC)N(Cc1ccc(Cl)cc1)C(=O)CN(c1ccc(OCC)cc1)S(=O)(=O)c1ccc(Cl)cc1. The number of carbonyl (C=O) groups is 2. The molecule has 11 heteroatoms. The smallest absolute Gasteiger partial charge is 0.264 e. The minimum atomic E-state index is -4.20. The molecule has 2 amide bonds. The van der Waals surface area contributed by atoms with E-state index in [-0.39, 0.29) is 23.0 Å². The maximum Gasteiger partial charge on any atom is 0.264 e. The van der Waals surface area contributed by atoms with Crippen LogP contribution in [0.2, 0.25) is 10.0 Å².